The molecule has 0 aliphatic rings. The number of aromatic nitrogens is 4. The number of hydrogen-bond donors (Lipinski definition) is 3. The van der Waals surface area contributed by atoms with Crippen LogP contribution in [0.3, 0.4) is 0 Å². The van der Waals surface area contributed by atoms with Crippen molar-refractivity contribution in [3.05, 3.63) is 74.1 Å². The summed E-state index contributed by atoms with van der Waals surface area (Å²) in [7, 11) is 1.49. The molecule has 0 spiro atoms. The van der Waals surface area contributed by atoms with E-state index in [9.17, 15) is 14.0 Å². The van der Waals surface area contributed by atoms with E-state index in [-0.39, 0.29) is 23.0 Å². The van der Waals surface area contributed by atoms with Gasteiger partial charge < -0.3 is 15.2 Å². The fraction of sp³-hybridized carbons (Fsp3) is 0.250. The van der Waals surface area contributed by atoms with E-state index in [2.05, 4.69) is 25.8 Å². The van der Waals surface area contributed by atoms with Crippen molar-refractivity contribution in [2.75, 3.05) is 10.6 Å². The van der Waals surface area contributed by atoms with Gasteiger partial charge in [0.2, 0.25) is 0 Å². The van der Waals surface area contributed by atoms with Gasteiger partial charge in [-0.3, -0.25) is 14.7 Å². The topological polar surface area (TPSA) is 105 Å². The minimum Gasteiger partial charge on any atom is -0.333 e. The third kappa shape index (κ3) is 4.85. The first-order chi connectivity index (χ1) is 16.7. The predicted molar refractivity (Wildman–Crippen MR) is 132 cm³/mol. The molecule has 0 fully saturated rings. The summed E-state index contributed by atoms with van der Waals surface area (Å²) in [5, 5.41) is 11.6. The van der Waals surface area contributed by atoms with Gasteiger partial charge in [0.1, 0.15) is 11.5 Å². The van der Waals surface area contributed by atoms with Gasteiger partial charge in [0, 0.05) is 29.9 Å². The monoisotopic (exact) mass is 498 g/mol. The van der Waals surface area contributed by atoms with Gasteiger partial charge in [0.05, 0.1) is 22.5 Å². The van der Waals surface area contributed by atoms with E-state index in [4.69, 9.17) is 0 Å². The molecule has 0 unspecified atom stereocenters. The molecule has 1 aromatic carbocycles. The number of carbonyl (C=O) groups is 1. The van der Waals surface area contributed by atoms with Crippen LogP contribution in [-0.2, 0) is 13.5 Å². The molecule has 8 nitrogen and oxygen atoms in total. The quantitative estimate of drug-likeness (QED) is 0.325. The minimum absolute atomic E-state index is 0.0624. The highest BCUT2D eigenvalue weighted by Gasteiger charge is 2.22. The van der Waals surface area contributed by atoms with Gasteiger partial charge in [-0.15, -0.1) is 11.3 Å². The number of amides is 1. The Bertz CT molecular complexity index is 1440. The summed E-state index contributed by atoms with van der Waals surface area (Å²) >= 11 is 1.31. The number of H-pyrrole nitrogens is 1. The first-order valence-corrected chi connectivity index (χ1v) is 11.8. The van der Waals surface area contributed by atoms with Crippen molar-refractivity contribution >= 4 is 34.4 Å². The fourth-order valence-corrected chi connectivity index (χ4v) is 4.79. The second-order valence-corrected chi connectivity index (χ2v) is 9.38. The van der Waals surface area contributed by atoms with E-state index < -0.39 is 28.8 Å². The largest absolute Gasteiger partial charge is 0.333 e. The Hall–Kier alpha value is -3.86. The van der Waals surface area contributed by atoms with Gasteiger partial charge >= 0.3 is 0 Å². The summed E-state index contributed by atoms with van der Waals surface area (Å²) in [5.41, 5.74) is 0.515. The van der Waals surface area contributed by atoms with Crippen LogP contribution in [0.25, 0.3) is 11.3 Å². The molecular weight excluding hydrogens is 474 g/mol. The second kappa shape index (κ2) is 9.79. The average Bonchev–Trinajstić information content (AvgIpc) is 3.49. The van der Waals surface area contributed by atoms with E-state index in [1.807, 2.05) is 20.8 Å². The molecule has 3 aromatic heterocycles. The van der Waals surface area contributed by atoms with Gasteiger partial charge in [0.25, 0.3) is 11.5 Å². The van der Waals surface area contributed by atoms with Gasteiger partial charge in [-0.2, -0.15) is 5.10 Å². The van der Waals surface area contributed by atoms with Crippen LogP contribution in [0.4, 0.5) is 26.0 Å². The number of benzene rings is 1. The first kappa shape index (κ1) is 24.3. The summed E-state index contributed by atoms with van der Waals surface area (Å²) in [5.74, 6) is -2.34. The molecule has 0 aliphatic heterocycles. The second-order valence-electron chi connectivity index (χ2n) is 8.24. The maximum Gasteiger partial charge on any atom is 0.293 e. The maximum absolute atomic E-state index is 15.5. The maximum atomic E-state index is 15.5. The van der Waals surface area contributed by atoms with E-state index in [0.29, 0.717) is 10.6 Å². The van der Waals surface area contributed by atoms with Crippen molar-refractivity contribution in [2.24, 2.45) is 7.05 Å². The number of nitrogens with one attached hydrogen (secondary N) is 3. The Balaban J connectivity index is 1.70. The molecule has 4 aromatic rings. The molecule has 3 heterocycles. The van der Waals surface area contributed by atoms with E-state index in [1.165, 1.54) is 47.6 Å². The van der Waals surface area contributed by atoms with Crippen LogP contribution in [-0.4, -0.2) is 25.7 Å². The number of carbonyl (C=O) groups excluding carboxylic acids is 1. The summed E-state index contributed by atoms with van der Waals surface area (Å²) < 4.78 is 31.4. The molecule has 4 rings (SSSR count). The lowest BCUT2D eigenvalue weighted by atomic mass is 10.0. The smallest absolute Gasteiger partial charge is 0.293 e. The van der Waals surface area contributed by atoms with Crippen LogP contribution in [0, 0.1) is 11.6 Å². The van der Waals surface area contributed by atoms with E-state index >= 15 is 4.39 Å². The number of nitrogens with zero attached hydrogens (tertiary/aromatic N) is 3. The number of anilines is 3. The molecule has 0 atom stereocenters. The van der Waals surface area contributed by atoms with Crippen LogP contribution in [0.15, 0.2) is 41.6 Å². The van der Waals surface area contributed by atoms with Crippen LogP contribution in [0.5, 0.6) is 0 Å². The summed E-state index contributed by atoms with van der Waals surface area (Å²) in [6.45, 7) is 6.06. The zero-order valence-electron chi connectivity index (χ0n) is 19.6. The lowest BCUT2D eigenvalue weighted by Gasteiger charge is -2.12. The number of halogens is 2. The Morgan fingerprint density at radius 1 is 1.29 bits per heavy atom. The molecular formula is C24H24F2N6O2S. The van der Waals surface area contributed by atoms with Gasteiger partial charge in [-0.25, -0.2) is 13.8 Å². The molecule has 1 amide bonds. The zero-order valence-corrected chi connectivity index (χ0v) is 20.4. The normalized spacial score (nSPS) is 11.2. The lowest BCUT2D eigenvalue weighted by molar-refractivity contribution is 0.102. The Kier molecular flexibility index (Phi) is 6.79. The molecule has 0 saturated carbocycles. The van der Waals surface area contributed by atoms with E-state index in [1.54, 1.807) is 6.07 Å². The lowest BCUT2D eigenvalue weighted by Crippen LogP contribution is -2.21. The van der Waals surface area contributed by atoms with Crippen LogP contribution >= 0.6 is 11.3 Å². The summed E-state index contributed by atoms with van der Waals surface area (Å²) in [6.07, 6.45) is 5.09. The van der Waals surface area contributed by atoms with Gasteiger partial charge in [-0.05, 0) is 36.1 Å². The SMILES string of the molecule is CCc1sc(C(=O)Nc2c(F)ccc(-c3cn(C)c(=O)c(Nc4cn[nH]c4)n3)c2F)cc1C(C)C. The number of aromatic amines is 1. The van der Waals surface area contributed by atoms with Gasteiger partial charge in [-0.1, -0.05) is 20.8 Å². The van der Waals surface area contributed by atoms with Gasteiger partial charge in [0.15, 0.2) is 11.6 Å². The number of thiophene rings is 1. The molecule has 0 saturated heterocycles. The van der Waals surface area contributed by atoms with E-state index in [0.717, 1.165) is 22.9 Å². The molecule has 182 valence electrons. The average molecular weight is 499 g/mol. The van der Waals surface area contributed by atoms with Crippen molar-refractivity contribution in [1.82, 2.24) is 19.7 Å². The molecule has 35 heavy (non-hydrogen) atoms. The van der Waals surface area contributed by atoms with Crippen LogP contribution in [0.2, 0.25) is 0 Å². The standard InChI is InChI=1S/C24H24F2N6O2S/c1-5-18-15(12(2)3)8-19(35-18)23(33)31-21-16(25)7-6-14(20(21)26)17-11-32(4)24(34)22(30-17)29-13-9-27-28-10-13/h6-12H,5H2,1-4H3,(H,27,28)(H,29,30)(H,31,33). The molecule has 0 bridgehead atoms. The highest BCUT2D eigenvalue weighted by molar-refractivity contribution is 7.14. The number of aryl methyl sites for hydroxylation is 2. The molecule has 0 radical (unpaired) electrons. The van der Waals surface area contributed by atoms with Crippen molar-refractivity contribution in [2.45, 2.75) is 33.1 Å². The molecule has 3 N–H and O–H groups in total. The fourth-order valence-electron chi connectivity index (χ4n) is 3.63. The zero-order chi connectivity index (χ0) is 25.3. The Morgan fingerprint density at radius 3 is 2.69 bits per heavy atom. The number of rotatable bonds is 7. The minimum atomic E-state index is -0.991. The Labute approximate surface area is 204 Å². The Morgan fingerprint density at radius 2 is 2.06 bits per heavy atom. The van der Waals surface area contributed by atoms with Crippen molar-refractivity contribution in [3.63, 3.8) is 0 Å². The highest BCUT2D eigenvalue weighted by atomic mass is 32.1. The molecule has 0 aliphatic carbocycles. The van der Waals surface area contributed by atoms with Crippen molar-refractivity contribution < 1.29 is 13.6 Å². The highest BCUT2D eigenvalue weighted by Crippen LogP contribution is 2.32. The summed E-state index contributed by atoms with van der Waals surface area (Å²) in [4.78, 5) is 31.0. The first-order valence-electron chi connectivity index (χ1n) is 10.9. The number of hydrogen-bond acceptors (Lipinski definition) is 6. The summed E-state index contributed by atoms with van der Waals surface area (Å²) in [6, 6.07) is 4.03. The third-order valence-corrected chi connectivity index (χ3v) is 6.74. The van der Waals surface area contributed by atoms with Crippen LogP contribution < -0.4 is 16.2 Å². The van der Waals surface area contributed by atoms with Crippen LogP contribution in [0.1, 0.15) is 46.8 Å². The van der Waals surface area contributed by atoms with Crippen molar-refractivity contribution in [1.29, 1.82) is 0 Å². The van der Waals surface area contributed by atoms with Crippen molar-refractivity contribution in [3.8, 4) is 11.3 Å². The molecule has 11 heteroatoms. The predicted octanol–water partition coefficient (Wildman–Crippen LogP) is 5.19. The third-order valence-electron chi connectivity index (χ3n) is 5.45.